The first-order valence-corrected chi connectivity index (χ1v) is 15.1. The van der Waals surface area contributed by atoms with E-state index in [0.717, 1.165) is 77.9 Å². The van der Waals surface area contributed by atoms with Crippen molar-refractivity contribution >= 4 is 0 Å². The van der Waals surface area contributed by atoms with E-state index < -0.39 is 0 Å². The second-order valence-electron chi connectivity index (χ2n) is 10.7. The van der Waals surface area contributed by atoms with Crippen LogP contribution >= 0.6 is 0 Å². The van der Waals surface area contributed by atoms with Gasteiger partial charge in [0.15, 0.2) is 0 Å². The SMILES string of the molecule is NN.OCc1ccccc1-c1cc(-c2ccccc2)c(-c2ccccc2CO)c(-c2ccccc2CO)c1-c1ccccc1CO. The van der Waals surface area contributed by atoms with Gasteiger partial charge in [-0.15, -0.1) is 0 Å². The van der Waals surface area contributed by atoms with E-state index in [9.17, 15) is 20.4 Å². The molecule has 0 saturated heterocycles. The second-order valence-corrected chi connectivity index (χ2v) is 10.7. The molecule has 0 unspecified atom stereocenters. The maximum atomic E-state index is 10.6. The third kappa shape index (κ3) is 6.27. The zero-order valence-electron chi connectivity index (χ0n) is 25.5. The number of nitrogens with two attached hydrogens (primary N) is 2. The Bertz CT molecular complexity index is 1920. The number of aliphatic hydroxyl groups is 4. The Morgan fingerprint density at radius 3 is 1.09 bits per heavy atom. The summed E-state index contributed by atoms with van der Waals surface area (Å²) in [6.45, 7) is -0.628. The first-order chi connectivity index (χ1) is 22.7. The zero-order valence-corrected chi connectivity index (χ0v) is 25.5. The predicted molar refractivity (Wildman–Crippen MR) is 186 cm³/mol. The van der Waals surface area contributed by atoms with Crippen molar-refractivity contribution in [3.63, 3.8) is 0 Å². The van der Waals surface area contributed by atoms with Crippen LogP contribution in [0.5, 0.6) is 0 Å². The van der Waals surface area contributed by atoms with Gasteiger partial charge in [-0.3, -0.25) is 11.7 Å². The molecule has 0 amide bonds. The second kappa shape index (κ2) is 15.4. The van der Waals surface area contributed by atoms with E-state index in [1.165, 1.54) is 0 Å². The van der Waals surface area contributed by atoms with Gasteiger partial charge in [-0.25, -0.2) is 0 Å². The Labute approximate surface area is 269 Å². The Morgan fingerprint density at radius 1 is 0.326 bits per heavy atom. The molecule has 0 aromatic heterocycles. The highest BCUT2D eigenvalue weighted by Gasteiger charge is 2.27. The average molecular weight is 611 g/mol. The third-order valence-corrected chi connectivity index (χ3v) is 8.26. The Balaban J connectivity index is 0.00000204. The molecule has 0 heterocycles. The number of hydrogen-bond acceptors (Lipinski definition) is 6. The highest BCUT2D eigenvalue weighted by atomic mass is 16.3. The van der Waals surface area contributed by atoms with E-state index in [0.29, 0.717) is 0 Å². The molecule has 232 valence electrons. The molecule has 0 aliphatic carbocycles. The summed E-state index contributed by atoms with van der Waals surface area (Å²) in [7, 11) is 0. The summed E-state index contributed by atoms with van der Waals surface area (Å²) in [6.07, 6.45) is 0. The summed E-state index contributed by atoms with van der Waals surface area (Å²) in [4.78, 5) is 0. The number of aliphatic hydroxyl groups excluding tert-OH is 4. The zero-order chi connectivity index (χ0) is 32.5. The van der Waals surface area contributed by atoms with Gasteiger partial charge in [-0.05, 0) is 84.0 Å². The maximum absolute atomic E-state index is 10.6. The largest absolute Gasteiger partial charge is 0.392 e. The van der Waals surface area contributed by atoms with Gasteiger partial charge in [0.05, 0.1) is 26.4 Å². The number of rotatable bonds is 9. The summed E-state index contributed by atoms with van der Waals surface area (Å²) < 4.78 is 0. The van der Waals surface area contributed by atoms with Crippen LogP contribution in [0.25, 0.3) is 55.6 Å². The van der Waals surface area contributed by atoms with Gasteiger partial charge in [0.2, 0.25) is 0 Å². The maximum Gasteiger partial charge on any atom is 0.0687 e. The summed E-state index contributed by atoms with van der Waals surface area (Å²) >= 11 is 0. The molecule has 0 fully saturated rings. The Kier molecular flexibility index (Phi) is 10.9. The molecule has 6 rings (SSSR count). The van der Waals surface area contributed by atoms with Crippen LogP contribution in [0.2, 0.25) is 0 Å². The quantitative estimate of drug-likeness (QED) is 0.0787. The van der Waals surface area contributed by atoms with Gasteiger partial charge in [0, 0.05) is 0 Å². The molecule has 0 saturated carbocycles. The van der Waals surface area contributed by atoms with Gasteiger partial charge in [0.1, 0.15) is 0 Å². The molecular formula is C40H38N2O4. The van der Waals surface area contributed by atoms with E-state index in [2.05, 4.69) is 29.9 Å². The lowest BCUT2D eigenvalue weighted by Gasteiger charge is -2.27. The topological polar surface area (TPSA) is 133 Å². The fourth-order valence-electron chi connectivity index (χ4n) is 6.20. The van der Waals surface area contributed by atoms with Crippen LogP contribution in [-0.4, -0.2) is 20.4 Å². The minimum absolute atomic E-state index is 0.143. The van der Waals surface area contributed by atoms with E-state index in [-0.39, 0.29) is 26.4 Å². The van der Waals surface area contributed by atoms with Gasteiger partial charge >= 0.3 is 0 Å². The van der Waals surface area contributed by atoms with E-state index >= 15 is 0 Å². The molecule has 0 atom stereocenters. The van der Waals surface area contributed by atoms with Crippen molar-refractivity contribution in [1.82, 2.24) is 0 Å². The summed E-state index contributed by atoms with van der Waals surface area (Å²) in [6, 6.07) is 43.7. The van der Waals surface area contributed by atoms with Crippen LogP contribution in [0.3, 0.4) is 0 Å². The van der Waals surface area contributed by atoms with Crippen molar-refractivity contribution < 1.29 is 20.4 Å². The smallest absolute Gasteiger partial charge is 0.0687 e. The lowest BCUT2D eigenvalue weighted by Crippen LogP contribution is -2.04. The van der Waals surface area contributed by atoms with Crippen molar-refractivity contribution in [3.05, 3.63) is 156 Å². The fourth-order valence-corrected chi connectivity index (χ4v) is 6.20. The van der Waals surface area contributed by atoms with Crippen LogP contribution in [0.4, 0.5) is 0 Å². The molecule has 0 bridgehead atoms. The van der Waals surface area contributed by atoms with Gasteiger partial charge in [0.25, 0.3) is 0 Å². The average Bonchev–Trinajstić information content (AvgIpc) is 3.15. The minimum Gasteiger partial charge on any atom is -0.392 e. The van der Waals surface area contributed by atoms with Crippen molar-refractivity contribution in [1.29, 1.82) is 0 Å². The Hall–Kier alpha value is -4.92. The Morgan fingerprint density at radius 2 is 0.652 bits per heavy atom. The van der Waals surface area contributed by atoms with Crippen molar-refractivity contribution in [2.24, 2.45) is 11.7 Å². The monoisotopic (exact) mass is 610 g/mol. The molecule has 8 N–H and O–H groups in total. The van der Waals surface area contributed by atoms with Crippen molar-refractivity contribution in [2.45, 2.75) is 26.4 Å². The molecule has 0 spiro atoms. The first kappa shape index (κ1) is 32.5. The van der Waals surface area contributed by atoms with Crippen molar-refractivity contribution in [2.75, 3.05) is 0 Å². The number of benzene rings is 6. The summed E-state index contributed by atoms with van der Waals surface area (Å²) in [5.74, 6) is 8.00. The molecule has 6 nitrogen and oxygen atoms in total. The molecule has 6 aromatic rings. The van der Waals surface area contributed by atoms with Crippen LogP contribution in [-0.2, 0) is 26.4 Å². The molecule has 6 heteroatoms. The van der Waals surface area contributed by atoms with Gasteiger partial charge in [-0.2, -0.15) is 0 Å². The normalized spacial score (nSPS) is 10.7. The van der Waals surface area contributed by atoms with Crippen LogP contribution in [0.1, 0.15) is 22.3 Å². The summed E-state index contributed by atoms with van der Waals surface area (Å²) in [5, 5.41) is 42.3. The van der Waals surface area contributed by atoms with E-state index in [4.69, 9.17) is 0 Å². The van der Waals surface area contributed by atoms with Gasteiger partial charge < -0.3 is 20.4 Å². The fraction of sp³-hybridized carbons (Fsp3) is 0.100. The molecule has 0 aliphatic rings. The highest BCUT2D eigenvalue weighted by molar-refractivity contribution is 6.08. The van der Waals surface area contributed by atoms with Crippen LogP contribution in [0, 0.1) is 0 Å². The molecule has 0 radical (unpaired) electrons. The van der Waals surface area contributed by atoms with Crippen LogP contribution in [0.15, 0.2) is 133 Å². The predicted octanol–water partition coefficient (Wildman–Crippen LogP) is 6.81. The minimum atomic E-state index is -0.170. The van der Waals surface area contributed by atoms with E-state index in [1.807, 2.05) is 115 Å². The number of hydrazine groups is 1. The molecule has 0 aliphatic heterocycles. The lowest BCUT2D eigenvalue weighted by molar-refractivity contribution is 0.282. The standard InChI is InChI=1S/C40H34O4.H4N2/c41-23-28-14-4-8-18-32(28)37-22-36(27-12-2-1-3-13-27)38(33-19-9-5-15-29(33)24-42)40(35-21-11-7-17-31(35)26-44)39(37)34-20-10-6-16-30(34)25-43;1-2/h1-22,41-44H,23-26H2;1-2H2. The highest BCUT2D eigenvalue weighted by Crippen LogP contribution is 2.52. The molecule has 46 heavy (non-hydrogen) atoms. The van der Waals surface area contributed by atoms with Crippen molar-refractivity contribution in [3.8, 4) is 55.6 Å². The lowest BCUT2D eigenvalue weighted by atomic mass is 9.76. The van der Waals surface area contributed by atoms with E-state index in [1.54, 1.807) is 0 Å². The van der Waals surface area contributed by atoms with Crippen LogP contribution < -0.4 is 11.7 Å². The third-order valence-electron chi connectivity index (χ3n) is 8.26. The molecular weight excluding hydrogens is 572 g/mol. The first-order valence-electron chi connectivity index (χ1n) is 15.1. The molecule has 6 aromatic carbocycles. The van der Waals surface area contributed by atoms with Gasteiger partial charge in [-0.1, -0.05) is 127 Å². The number of hydrogen-bond donors (Lipinski definition) is 6. The summed E-state index contributed by atoms with van der Waals surface area (Å²) in [5.41, 5.74) is 12.0.